The first-order chi connectivity index (χ1) is 10.2. The summed E-state index contributed by atoms with van der Waals surface area (Å²) in [5.74, 6) is -0.777. The van der Waals surface area contributed by atoms with E-state index in [4.69, 9.17) is 5.11 Å². The Bertz CT molecular complexity index is 559. The highest BCUT2D eigenvalue weighted by Gasteiger charge is 2.13. The number of rotatable bonds is 4. The number of phenolic OH excluding ortho intramolecular Hbond substituents is 1. The highest BCUT2D eigenvalue weighted by molar-refractivity contribution is 14.0. The van der Waals surface area contributed by atoms with E-state index in [1.165, 1.54) is 12.1 Å². The smallest absolute Gasteiger partial charge is 0.239 e. The van der Waals surface area contributed by atoms with Gasteiger partial charge < -0.3 is 21.1 Å². The van der Waals surface area contributed by atoms with Gasteiger partial charge in [0.1, 0.15) is 0 Å². The van der Waals surface area contributed by atoms with E-state index in [0.29, 0.717) is 18.1 Å². The zero-order valence-electron chi connectivity index (χ0n) is 13.7. The first-order valence-electron chi connectivity index (χ1n) is 6.94. The van der Waals surface area contributed by atoms with Crippen LogP contribution in [-0.4, -0.2) is 36.1 Å². The van der Waals surface area contributed by atoms with Crippen LogP contribution in [0.2, 0.25) is 0 Å². The van der Waals surface area contributed by atoms with Crippen molar-refractivity contribution in [2.75, 3.05) is 13.6 Å². The second-order valence-electron chi connectivity index (χ2n) is 5.86. The summed E-state index contributed by atoms with van der Waals surface area (Å²) < 4.78 is 13.2. The fourth-order valence-electron chi connectivity index (χ4n) is 1.69. The molecule has 0 spiro atoms. The lowest BCUT2D eigenvalue weighted by atomic mass is 10.1. The van der Waals surface area contributed by atoms with E-state index in [1.807, 2.05) is 20.8 Å². The van der Waals surface area contributed by atoms with Gasteiger partial charge in [0.05, 0.1) is 6.54 Å². The maximum absolute atomic E-state index is 13.2. The number of hydrogen-bond donors (Lipinski definition) is 4. The van der Waals surface area contributed by atoms with Gasteiger partial charge in [0.2, 0.25) is 5.91 Å². The minimum absolute atomic E-state index is 0. The van der Waals surface area contributed by atoms with Crippen LogP contribution in [0, 0.1) is 5.82 Å². The van der Waals surface area contributed by atoms with E-state index in [0.717, 1.165) is 0 Å². The van der Waals surface area contributed by atoms with Crippen molar-refractivity contribution in [3.63, 3.8) is 0 Å². The number of halogens is 2. The number of amides is 1. The molecule has 0 bridgehead atoms. The Kier molecular flexibility index (Phi) is 8.88. The van der Waals surface area contributed by atoms with Crippen LogP contribution in [0.5, 0.6) is 5.75 Å². The summed E-state index contributed by atoms with van der Waals surface area (Å²) in [6, 6.07) is 4.13. The third-order valence-corrected chi connectivity index (χ3v) is 2.63. The van der Waals surface area contributed by atoms with Crippen molar-refractivity contribution in [3.05, 3.63) is 29.6 Å². The fraction of sp³-hybridized carbons (Fsp3) is 0.467. The molecule has 0 unspecified atom stereocenters. The predicted octanol–water partition coefficient (Wildman–Crippen LogP) is 1.73. The van der Waals surface area contributed by atoms with Crippen LogP contribution in [0.1, 0.15) is 26.3 Å². The van der Waals surface area contributed by atoms with Crippen molar-refractivity contribution in [3.8, 4) is 5.75 Å². The van der Waals surface area contributed by atoms with Crippen LogP contribution < -0.4 is 16.0 Å². The molecule has 23 heavy (non-hydrogen) atoms. The van der Waals surface area contributed by atoms with Gasteiger partial charge in [-0.3, -0.25) is 9.79 Å². The Morgan fingerprint density at radius 2 is 1.96 bits per heavy atom. The van der Waals surface area contributed by atoms with E-state index in [1.54, 1.807) is 13.1 Å². The number of aromatic hydroxyl groups is 1. The molecule has 0 saturated carbocycles. The summed E-state index contributed by atoms with van der Waals surface area (Å²) in [6.45, 7) is 6.10. The van der Waals surface area contributed by atoms with Gasteiger partial charge in [-0.05, 0) is 38.5 Å². The Labute approximate surface area is 153 Å². The van der Waals surface area contributed by atoms with Crippen molar-refractivity contribution in [2.45, 2.75) is 32.9 Å². The SMILES string of the molecule is CN=C(NCC(=O)NC(C)(C)C)NCc1ccc(O)c(F)c1.I. The minimum Gasteiger partial charge on any atom is -0.505 e. The van der Waals surface area contributed by atoms with Gasteiger partial charge in [-0.1, -0.05) is 6.07 Å². The lowest BCUT2D eigenvalue weighted by Gasteiger charge is -2.21. The van der Waals surface area contributed by atoms with Gasteiger partial charge in [-0.25, -0.2) is 4.39 Å². The lowest BCUT2D eigenvalue weighted by Crippen LogP contribution is -2.48. The maximum atomic E-state index is 13.2. The van der Waals surface area contributed by atoms with Crippen LogP contribution in [0.25, 0.3) is 0 Å². The van der Waals surface area contributed by atoms with Gasteiger partial charge in [0.25, 0.3) is 0 Å². The minimum atomic E-state index is -0.674. The molecule has 0 aliphatic heterocycles. The predicted molar refractivity (Wildman–Crippen MR) is 99.6 cm³/mol. The molecule has 1 aromatic rings. The molecule has 0 heterocycles. The zero-order valence-corrected chi connectivity index (χ0v) is 16.1. The topological polar surface area (TPSA) is 85.8 Å². The Morgan fingerprint density at radius 1 is 1.30 bits per heavy atom. The second kappa shape index (κ2) is 9.53. The third kappa shape index (κ3) is 8.58. The summed E-state index contributed by atoms with van der Waals surface area (Å²) in [7, 11) is 1.58. The molecule has 0 aliphatic carbocycles. The molecule has 1 amide bonds. The summed E-state index contributed by atoms with van der Waals surface area (Å²) in [5.41, 5.74) is 0.358. The lowest BCUT2D eigenvalue weighted by molar-refractivity contribution is -0.121. The average molecular weight is 438 g/mol. The molecule has 0 aromatic heterocycles. The Morgan fingerprint density at radius 3 is 2.48 bits per heavy atom. The van der Waals surface area contributed by atoms with Crippen LogP contribution in [0.4, 0.5) is 4.39 Å². The Hall–Kier alpha value is -1.58. The number of carbonyl (C=O) groups excluding carboxylic acids is 1. The zero-order chi connectivity index (χ0) is 16.8. The molecule has 130 valence electrons. The van der Waals surface area contributed by atoms with Gasteiger partial charge >= 0.3 is 0 Å². The van der Waals surface area contributed by atoms with Crippen LogP contribution in [0.3, 0.4) is 0 Å². The first kappa shape index (κ1) is 21.4. The molecule has 0 atom stereocenters. The molecule has 8 heteroatoms. The van der Waals surface area contributed by atoms with Crippen LogP contribution in [-0.2, 0) is 11.3 Å². The van der Waals surface area contributed by atoms with E-state index in [9.17, 15) is 9.18 Å². The van der Waals surface area contributed by atoms with E-state index in [2.05, 4.69) is 20.9 Å². The quantitative estimate of drug-likeness (QED) is 0.328. The molecule has 1 aromatic carbocycles. The standard InChI is InChI=1S/C15H23FN4O2.HI/c1-15(2,3)20-13(22)9-19-14(17-4)18-8-10-5-6-12(21)11(16)7-10;/h5-7,21H,8-9H2,1-4H3,(H,20,22)(H2,17,18,19);1H. The highest BCUT2D eigenvalue weighted by atomic mass is 127. The van der Waals surface area contributed by atoms with Gasteiger partial charge in [-0.2, -0.15) is 0 Å². The van der Waals surface area contributed by atoms with Gasteiger partial charge in [-0.15, -0.1) is 24.0 Å². The van der Waals surface area contributed by atoms with Crippen molar-refractivity contribution < 1.29 is 14.3 Å². The van der Waals surface area contributed by atoms with Crippen molar-refractivity contribution in [2.24, 2.45) is 4.99 Å². The normalized spacial score (nSPS) is 11.4. The van der Waals surface area contributed by atoms with E-state index >= 15 is 0 Å². The van der Waals surface area contributed by atoms with E-state index < -0.39 is 5.82 Å². The highest BCUT2D eigenvalue weighted by Crippen LogP contribution is 2.15. The van der Waals surface area contributed by atoms with Crippen LogP contribution >= 0.6 is 24.0 Å². The number of guanidine groups is 1. The monoisotopic (exact) mass is 438 g/mol. The van der Waals surface area contributed by atoms with Gasteiger partial charge in [0, 0.05) is 19.1 Å². The number of nitrogens with one attached hydrogen (secondary N) is 3. The molecular weight excluding hydrogens is 414 g/mol. The molecule has 1 rings (SSSR count). The third-order valence-electron chi connectivity index (χ3n) is 2.63. The number of aliphatic imine (C=N–C) groups is 1. The van der Waals surface area contributed by atoms with Crippen molar-refractivity contribution >= 4 is 35.8 Å². The van der Waals surface area contributed by atoms with Gasteiger partial charge in [0.15, 0.2) is 17.5 Å². The number of benzene rings is 1. The van der Waals surface area contributed by atoms with Crippen molar-refractivity contribution in [1.29, 1.82) is 0 Å². The van der Waals surface area contributed by atoms with E-state index in [-0.39, 0.29) is 47.7 Å². The molecule has 0 fully saturated rings. The number of nitrogens with zero attached hydrogens (tertiary/aromatic N) is 1. The summed E-state index contributed by atoms with van der Waals surface area (Å²) in [5, 5.41) is 17.8. The summed E-state index contributed by atoms with van der Waals surface area (Å²) in [4.78, 5) is 15.7. The molecule has 0 saturated heterocycles. The number of carbonyl (C=O) groups is 1. The summed E-state index contributed by atoms with van der Waals surface area (Å²) in [6.07, 6.45) is 0. The number of hydrogen-bond acceptors (Lipinski definition) is 3. The maximum Gasteiger partial charge on any atom is 0.239 e. The van der Waals surface area contributed by atoms with Crippen LogP contribution in [0.15, 0.2) is 23.2 Å². The molecule has 0 radical (unpaired) electrons. The molecular formula is C15H24FIN4O2. The molecule has 0 aliphatic rings. The molecule has 4 N–H and O–H groups in total. The fourth-order valence-corrected chi connectivity index (χ4v) is 1.69. The Balaban J connectivity index is 0.00000484. The molecule has 6 nitrogen and oxygen atoms in total. The number of phenols is 1. The second-order valence-corrected chi connectivity index (χ2v) is 5.86. The average Bonchev–Trinajstić information content (AvgIpc) is 2.41. The summed E-state index contributed by atoms with van der Waals surface area (Å²) >= 11 is 0. The largest absolute Gasteiger partial charge is 0.505 e. The van der Waals surface area contributed by atoms with Crippen molar-refractivity contribution in [1.82, 2.24) is 16.0 Å². The first-order valence-corrected chi connectivity index (χ1v) is 6.94.